The minimum Gasteiger partial charge on any atom is -0.326 e. The van der Waals surface area contributed by atoms with Gasteiger partial charge in [-0.15, -0.1) is 0 Å². The second kappa shape index (κ2) is 6.96. The van der Waals surface area contributed by atoms with Crippen molar-refractivity contribution in [2.75, 3.05) is 16.8 Å². The van der Waals surface area contributed by atoms with Gasteiger partial charge < -0.3 is 10.2 Å². The van der Waals surface area contributed by atoms with Crippen LogP contribution >= 0.6 is 0 Å². The van der Waals surface area contributed by atoms with E-state index < -0.39 is 0 Å². The number of hydrogen-bond acceptors (Lipinski definition) is 3. The lowest BCUT2D eigenvalue weighted by atomic mass is 9.98. The standard InChI is InChI=1S/C21H21N3O3/c1-14(25)22-17-6-8-18(9-7-17)24-20(26)12-19(21(24)27)23-11-10-15-4-2-3-5-16(15)13-23/h2-9,19H,10-13H2,1H3,(H,22,25)/p+1/t19-/m1/s1. The van der Waals surface area contributed by atoms with Gasteiger partial charge in [0.25, 0.3) is 5.91 Å². The zero-order chi connectivity index (χ0) is 19.0. The maximum Gasteiger partial charge on any atom is 0.292 e. The molecule has 6 heteroatoms. The Morgan fingerprint density at radius 3 is 2.48 bits per heavy atom. The first kappa shape index (κ1) is 17.4. The summed E-state index contributed by atoms with van der Waals surface area (Å²) in [4.78, 5) is 39.1. The first-order chi connectivity index (χ1) is 13.0. The highest BCUT2D eigenvalue weighted by Gasteiger charge is 2.46. The monoisotopic (exact) mass is 364 g/mol. The number of anilines is 2. The Hall–Kier alpha value is -2.99. The summed E-state index contributed by atoms with van der Waals surface area (Å²) in [7, 11) is 0. The lowest BCUT2D eigenvalue weighted by Gasteiger charge is -2.29. The van der Waals surface area contributed by atoms with Crippen LogP contribution in [0.3, 0.4) is 0 Å². The molecule has 1 saturated heterocycles. The number of benzene rings is 2. The predicted molar refractivity (Wildman–Crippen MR) is 101 cm³/mol. The van der Waals surface area contributed by atoms with Gasteiger partial charge >= 0.3 is 0 Å². The van der Waals surface area contributed by atoms with Gasteiger partial charge in [-0.2, -0.15) is 0 Å². The average Bonchev–Trinajstić information content (AvgIpc) is 2.96. The van der Waals surface area contributed by atoms with E-state index in [0.717, 1.165) is 24.4 Å². The summed E-state index contributed by atoms with van der Waals surface area (Å²) in [6.07, 6.45) is 1.17. The van der Waals surface area contributed by atoms with Crippen LogP contribution in [-0.2, 0) is 27.3 Å². The molecule has 3 amide bonds. The van der Waals surface area contributed by atoms with Crippen LogP contribution in [0.2, 0.25) is 0 Å². The molecule has 1 fully saturated rings. The van der Waals surface area contributed by atoms with Crippen molar-refractivity contribution in [2.24, 2.45) is 0 Å². The van der Waals surface area contributed by atoms with Crippen molar-refractivity contribution in [1.29, 1.82) is 0 Å². The predicted octanol–water partition coefficient (Wildman–Crippen LogP) is 0.918. The van der Waals surface area contributed by atoms with Gasteiger partial charge in [-0.3, -0.25) is 14.4 Å². The second-order valence-electron chi connectivity index (χ2n) is 7.16. The number of quaternary nitrogens is 1. The molecular formula is C21H22N3O3+. The summed E-state index contributed by atoms with van der Waals surface area (Å²) < 4.78 is 0. The molecule has 27 heavy (non-hydrogen) atoms. The maximum atomic E-state index is 13.0. The van der Waals surface area contributed by atoms with Gasteiger partial charge in [0.15, 0.2) is 6.04 Å². The van der Waals surface area contributed by atoms with Gasteiger partial charge in [0.2, 0.25) is 11.8 Å². The van der Waals surface area contributed by atoms with Gasteiger partial charge in [0.05, 0.1) is 18.7 Å². The Labute approximate surface area is 157 Å². The molecule has 0 saturated carbocycles. The number of carbonyl (C=O) groups excluding carboxylic acids is 3. The zero-order valence-corrected chi connectivity index (χ0v) is 15.2. The topological polar surface area (TPSA) is 70.9 Å². The Morgan fingerprint density at radius 2 is 1.78 bits per heavy atom. The number of fused-ring (bicyclic) bond motifs is 1. The SMILES string of the molecule is CC(=O)Nc1ccc(N2C(=O)C[C@@H]([NH+]3CCc4ccccc4C3)C2=O)cc1. The van der Waals surface area contributed by atoms with Crippen LogP contribution in [0.15, 0.2) is 48.5 Å². The highest BCUT2D eigenvalue weighted by atomic mass is 16.2. The van der Waals surface area contributed by atoms with E-state index in [1.54, 1.807) is 24.3 Å². The molecule has 2 aliphatic rings. The lowest BCUT2D eigenvalue weighted by Crippen LogP contribution is -3.16. The number of amides is 3. The van der Waals surface area contributed by atoms with Gasteiger partial charge in [-0.1, -0.05) is 24.3 Å². The van der Waals surface area contributed by atoms with Gasteiger partial charge in [0, 0.05) is 24.6 Å². The molecule has 0 aliphatic carbocycles. The Bertz CT molecular complexity index is 907. The lowest BCUT2D eigenvalue weighted by molar-refractivity contribution is -0.930. The molecule has 2 aromatic rings. The number of imide groups is 1. The third-order valence-corrected chi connectivity index (χ3v) is 5.34. The Morgan fingerprint density at radius 1 is 1.07 bits per heavy atom. The molecule has 1 unspecified atom stereocenters. The van der Waals surface area contributed by atoms with Crippen LogP contribution in [0.1, 0.15) is 24.5 Å². The first-order valence-corrected chi connectivity index (χ1v) is 9.19. The summed E-state index contributed by atoms with van der Waals surface area (Å²) in [5.41, 5.74) is 3.79. The molecule has 0 radical (unpaired) electrons. The highest BCUT2D eigenvalue weighted by molar-refractivity contribution is 6.21. The van der Waals surface area contributed by atoms with E-state index in [9.17, 15) is 14.4 Å². The number of carbonyl (C=O) groups is 3. The van der Waals surface area contributed by atoms with Gasteiger partial charge in [-0.25, -0.2) is 4.90 Å². The minimum absolute atomic E-state index is 0.137. The van der Waals surface area contributed by atoms with Gasteiger partial charge in [-0.05, 0) is 29.8 Å². The quantitative estimate of drug-likeness (QED) is 0.796. The van der Waals surface area contributed by atoms with E-state index in [1.807, 2.05) is 12.1 Å². The molecule has 0 bridgehead atoms. The minimum atomic E-state index is -0.333. The van der Waals surface area contributed by atoms with Crippen molar-refractivity contribution in [3.63, 3.8) is 0 Å². The molecule has 6 nitrogen and oxygen atoms in total. The normalized spacial score (nSPS) is 21.9. The van der Waals surface area contributed by atoms with Crippen LogP contribution < -0.4 is 15.1 Å². The molecule has 2 N–H and O–H groups in total. The Balaban J connectivity index is 1.52. The highest BCUT2D eigenvalue weighted by Crippen LogP contribution is 2.24. The van der Waals surface area contributed by atoms with E-state index >= 15 is 0 Å². The second-order valence-corrected chi connectivity index (χ2v) is 7.16. The summed E-state index contributed by atoms with van der Waals surface area (Å²) in [6.45, 7) is 3.07. The van der Waals surface area contributed by atoms with E-state index in [2.05, 4.69) is 17.4 Å². The molecule has 2 aliphatic heterocycles. The van der Waals surface area contributed by atoms with Crippen LogP contribution in [0.5, 0.6) is 0 Å². The zero-order valence-electron chi connectivity index (χ0n) is 15.2. The molecule has 0 spiro atoms. The molecule has 0 aromatic heterocycles. The third-order valence-electron chi connectivity index (χ3n) is 5.34. The summed E-state index contributed by atoms with van der Waals surface area (Å²) in [5.74, 6) is -0.463. The molecular weight excluding hydrogens is 342 g/mol. The number of nitrogens with one attached hydrogen (secondary N) is 2. The number of hydrogen-bond donors (Lipinski definition) is 2. The maximum absolute atomic E-state index is 13.0. The van der Waals surface area contributed by atoms with Crippen LogP contribution in [0.4, 0.5) is 11.4 Å². The largest absolute Gasteiger partial charge is 0.326 e. The van der Waals surface area contributed by atoms with Crippen molar-refractivity contribution < 1.29 is 19.3 Å². The van der Waals surface area contributed by atoms with Crippen molar-refractivity contribution in [3.05, 3.63) is 59.7 Å². The summed E-state index contributed by atoms with van der Waals surface area (Å²) in [6, 6.07) is 14.8. The van der Waals surface area contributed by atoms with E-state index in [-0.39, 0.29) is 30.2 Å². The molecule has 138 valence electrons. The fourth-order valence-corrected chi connectivity index (χ4v) is 4.02. The summed E-state index contributed by atoms with van der Waals surface area (Å²) in [5, 5.41) is 2.68. The fraction of sp³-hybridized carbons (Fsp3) is 0.286. The number of nitrogens with zero attached hydrogens (tertiary/aromatic N) is 1. The van der Waals surface area contributed by atoms with Crippen molar-refractivity contribution in [3.8, 4) is 0 Å². The summed E-state index contributed by atoms with van der Waals surface area (Å²) >= 11 is 0. The third kappa shape index (κ3) is 3.36. The average molecular weight is 364 g/mol. The molecule has 2 heterocycles. The van der Waals surface area contributed by atoms with Crippen LogP contribution in [0, 0.1) is 0 Å². The van der Waals surface area contributed by atoms with Crippen molar-refractivity contribution >= 4 is 29.1 Å². The molecule has 2 atom stereocenters. The number of rotatable bonds is 3. The van der Waals surface area contributed by atoms with E-state index in [1.165, 1.54) is 23.0 Å². The van der Waals surface area contributed by atoms with Gasteiger partial charge in [0.1, 0.15) is 6.54 Å². The van der Waals surface area contributed by atoms with Crippen LogP contribution in [-0.4, -0.2) is 30.3 Å². The molecule has 4 rings (SSSR count). The Kier molecular flexibility index (Phi) is 4.49. The van der Waals surface area contributed by atoms with E-state index in [4.69, 9.17) is 0 Å². The molecule has 2 aromatic carbocycles. The fourth-order valence-electron chi connectivity index (χ4n) is 4.02. The van der Waals surface area contributed by atoms with E-state index in [0.29, 0.717) is 11.4 Å². The van der Waals surface area contributed by atoms with Crippen LogP contribution in [0.25, 0.3) is 0 Å². The first-order valence-electron chi connectivity index (χ1n) is 9.19. The smallest absolute Gasteiger partial charge is 0.292 e. The van der Waals surface area contributed by atoms with Crippen molar-refractivity contribution in [2.45, 2.75) is 32.4 Å². The van der Waals surface area contributed by atoms with Crippen molar-refractivity contribution in [1.82, 2.24) is 0 Å².